The minimum absolute atomic E-state index is 0.814. The second-order valence-corrected chi connectivity index (χ2v) is 3.38. The van der Waals surface area contributed by atoms with Gasteiger partial charge in [-0.3, -0.25) is 0 Å². The standard InChI is InChI=1S/C10H14ClN.2C2H6/c1-4-12-10-8(3)5-7(2)6-9(10)11;2*1-2/h5-6,12H,4H2,1-3H3;2*1-2H3. The molecule has 1 rings (SSSR count). The van der Waals surface area contributed by atoms with Crippen LogP contribution in [0.3, 0.4) is 0 Å². The molecule has 1 nitrogen and oxygen atoms in total. The number of nitrogens with one attached hydrogen (secondary N) is 1. The van der Waals surface area contributed by atoms with Crippen LogP contribution in [0.1, 0.15) is 45.7 Å². The predicted molar refractivity (Wildman–Crippen MR) is 77.8 cm³/mol. The molecule has 2 heteroatoms. The van der Waals surface area contributed by atoms with Crippen LogP contribution in [0, 0.1) is 13.8 Å². The van der Waals surface area contributed by atoms with Crippen molar-refractivity contribution in [3.8, 4) is 0 Å². The van der Waals surface area contributed by atoms with Gasteiger partial charge in [0.15, 0.2) is 0 Å². The van der Waals surface area contributed by atoms with Gasteiger partial charge in [-0.2, -0.15) is 0 Å². The first kappa shape index (κ1) is 17.7. The molecule has 0 unspecified atom stereocenters. The van der Waals surface area contributed by atoms with Crippen molar-refractivity contribution in [2.24, 2.45) is 0 Å². The average molecular weight is 244 g/mol. The first-order valence-electron chi connectivity index (χ1n) is 6.15. The zero-order valence-electron chi connectivity index (χ0n) is 11.7. The molecular formula is C14H26ClN. The summed E-state index contributed by atoms with van der Waals surface area (Å²) in [6.07, 6.45) is 0. The van der Waals surface area contributed by atoms with E-state index in [1.807, 2.05) is 33.8 Å². The molecule has 1 aromatic carbocycles. The fourth-order valence-electron chi connectivity index (χ4n) is 1.32. The lowest BCUT2D eigenvalue weighted by Crippen LogP contribution is -1.99. The van der Waals surface area contributed by atoms with Crippen molar-refractivity contribution < 1.29 is 0 Å². The Balaban J connectivity index is 0. The molecule has 0 atom stereocenters. The maximum absolute atomic E-state index is 6.05. The van der Waals surface area contributed by atoms with Crippen LogP contribution in [0.15, 0.2) is 12.1 Å². The highest BCUT2D eigenvalue weighted by Gasteiger charge is 2.02. The van der Waals surface area contributed by atoms with Crippen molar-refractivity contribution in [1.82, 2.24) is 0 Å². The summed E-state index contributed by atoms with van der Waals surface area (Å²) in [5, 5.41) is 4.05. The number of benzene rings is 1. The Morgan fingerprint density at radius 3 is 1.94 bits per heavy atom. The smallest absolute Gasteiger partial charge is 0.0642 e. The van der Waals surface area contributed by atoms with Gasteiger partial charge in [0.05, 0.1) is 10.7 Å². The molecule has 0 saturated heterocycles. The van der Waals surface area contributed by atoms with Crippen LogP contribution in [0.4, 0.5) is 5.69 Å². The highest BCUT2D eigenvalue weighted by atomic mass is 35.5. The summed E-state index contributed by atoms with van der Waals surface area (Å²) in [7, 11) is 0. The molecule has 0 spiro atoms. The summed E-state index contributed by atoms with van der Waals surface area (Å²) >= 11 is 6.05. The van der Waals surface area contributed by atoms with Gasteiger partial charge in [0.25, 0.3) is 0 Å². The number of hydrogen-bond donors (Lipinski definition) is 1. The van der Waals surface area contributed by atoms with Crippen LogP contribution in [0.25, 0.3) is 0 Å². The molecule has 0 amide bonds. The third-order valence-corrected chi connectivity index (χ3v) is 2.08. The third kappa shape index (κ3) is 6.02. The normalized spacial score (nSPS) is 8.25. The van der Waals surface area contributed by atoms with Gasteiger partial charge < -0.3 is 5.32 Å². The second kappa shape index (κ2) is 10.8. The Kier molecular flexibility index (Phi) is 12.0. The van der Waals surface area contributed by atoms with E-state index >= 15 is 0 Å². The molecular weight excluding hydrogens is 218 g/mol. The molecule has 1 aromatic rings. The molecule has 94 valence electrons. The molecule has 0 aliphatic carbocycles. The molecule has 0 saturated carbocycles. The van der Waals surface area contributed by atoms with E-state index in [1.54, 1.807) is 0 Å². The van der Waals surface area contributed by atoms with Gasteiger partial charge in [0.1, 0.15) is 0 Å². The molecule has 0 bridgehead atoms. The number of aryl methyl sites for hydroxylation is 2. The van der Waals surface area contributed by atoms with E-state index in [0.717, 1.165) is 17.3 Å². The van der Waals surface area contributed by atoms with E-state index in [1.165, 1.54) is 11.1 Å². The van der Waals surface area contributed by atoms with Crippen molar-refractivity contribution in [3.05, 3.63) is 28.3 Å². The zero-order valence-corrected chi connectivity index (χ0v) is 12.5. The van der Waals surface area contributed by atoms with Gasteiger partial charge in [0, 0.05) is 6.54 Å². The fraction of sp³-hybridized carbons (Fsp3) is 0.571. The molecule has 16 heavy (non-hydrogen) atoms. The lowest BCUT2D eigenvalue weighted by atomic mass is 10.1. The predicted octanol–water partition coefficient (Wildman–Crippen LogP) is 5.44. The van der Waals surface area contributed by atoms with Crippen LogP contribution < -0.4 is 5.32 Å². The van der Waals surface area contributed by atoms with Crippen LogP contribution >= 0.6 is 11.6 Å². The van der Waals surface area contributed by atoms with Gasteiger partial charge in [0.2, 0.25) is 0 Å². The van der Waals surface area contributed by atoms with Gasteiger partial charge in [-0.15, -0.1) is 0 Å². The van der Waals surface area contributed by atoms with Crippen molar-refractivity contribution in [2.45, 2.75) is 48.5 Å². The van der Waals surface area contributed by atoms with Gasteiger partial charge in [-0.25, -0.2) is 0 Å². The van der Waals surface area contributed by atoms with Gasteiger partial charge >= 0.3 is 0 Å². The van der Waals surface area contributed by atoms with E-state index in [0.29, 0.717) is 0 Å². The quantitative estimate of drug-likeness (QED) is 0.729. The first-order valence-corrected chi connectivity index (χ1v) is 6.53. The SMILES string of the molecule is CC.CC.CCNc1c(C)cc(C)cc1Cl. The molecule has 0 radical (unpaired) electrons. The molecule has 0 aromatic heterocycles. The molecule has 0 heterocycles. The molecule has 0 fully saturated rings. The summed E-state index contributed by atoms with van der Waals surface area (Å²) in [5.41, 5.74) is 3.48. The Labute approximate surface area is 106 Å². The van der Waals surface area contributed by atoms with Crippen LogP contribution in [0.2, 0.25) is 5.02 Å². The number of hydrogen-bond acceptors (Lipinski definition) is 1. The fourth-order valence-corrected chi connectivity index (χ4v) is 1.70. The van der Waals surface area contributed by atoms with E-state index < -0.39 is 0 Å². The molecule has 0 aliphatic rings. The zero-order chi connectivity index (χ0) is 13.1. The number of halogens is 1. The Morgan fingerprint density at radius 1 is 1.06 bits per heavy atom. The minimum atomic E-state index is 0.814. The minimum Gasteiger partial charge on any atom is -0.384 e. The van der Waals surface area contributed by atoms with Crippen molar-refractivity contribution >= 4 is 17.3 Å². The monoisotopic (exact) mass is 243 g/mol. The highest BCUT2D eigenvalue weighted by Crippen LogP contribution is 2.26. The largest absolute Gasteiger partial charge is 0.384 e. The number of rotatable bonds is 2. The Hall–Kier alpha value is -0.690. The second-order valence-electron chi connectivity index (χ2n) is 2.97. The third-order valence-electron chi connectivity index (χ3n) is 1.79. The van der Waals surface area contributed by atoms with Crippen molar-refractivity contribution in [2.75, 3.05) is 11.9 Å². The topological polar surface area (TPSA) is 12.0 Å². The van der Waals surface area contributed by atoms with Gasteiger partial charge in [-0.1, -0.05) is 45.4 Å². The van der Waals surface area contributed by atoms with Crippen molar-refractivity contribution in [1.29, 1.82) is 0 Å². The average Bonchev–Trinajstić information content (AvgIpc) is 2.29. The summed E-state index contributed by atoms with van der Waals surface area (Å²) in [5.74, 6) is 0. The van der Waals surface area contributed by atoms with E-state index in [4.69, 9.17) is 11.6 Å². The van der Waals surface area contributed by atoms with Crippen molar-refractivity contribution in [3.63, 3.8) is 0 Å². The Morgan fingerprint density at radius 2 is 1.56 bits per heavy atom. The summed E-state index contributed by atoms with van der Waals surface area (Å²) in [4.78, 5) is 0. The van der Waals surface area contributed by atoms with E-state index in [9.17, 15) is 0 Å². The highest BCUT2D eigenvalue weighted by molar-refractivity contribution is 6.33. The van der Waals surface area contributed by atoms with Gasteiger partial charge in [-0.05, 0) is 38.0 Å². The summed E-state index contributed by atoms with van der Waals surface area (Å²) in [6.45, 7) is 15.1. The van der Waals surface area contributed by atoms with E-state index in [2.05, 4.69) is 32.2 Å². The van der Waals surface area contributed by atoms with E-state index in [-0.39, 0.29) is 0 Å². The maximum atomic E-state index is 6.05. The lowest BCUT2D eigenvalue weighted by molar-refractivity contribution is 1.19. The maximum Gasteiger partial charge on any atom is 0.0642 e. The lowest BCUT2D eigenvalue weighted by Gasteiger charge is -2.10. The van der Waals surface area contributed by atoms with Crippen LogP contribution in [-0.4, -0.2) is 6.54 Å². The summed E-state index contributed by atoms with van der Waals surface area (Å²) in [6, 6.07) is 4.11. The Bertz CT molecular complexity index is 259. The number of anilines is 1. The van der Waals surface area contributed by atoms with Crippen LogP contribution in [0.5, 0.6) is 0 Å². The first-order chi connectivity index (χ1) is 7.65. The molecule has 0 aliphatic heterocycles. The molecule has 1 N–H and O–H groups in total. The van der Waals surface area contributed by atoms with Crippen LogP contribution in [-0.2, 0) is 0 Å². The summed E-state index contributed by atoms with van der Waals surface area (Å²) < 4.78 is 0.